The number of carbonyl (C=O) groups is 1. The van der Waals surface area contributed by atoms with Gasteiger partial charge in [0.15, 0.2) is 0 Å². The molecule has 0 unspecified atom stereocenters. The van der Waals surface area contributed by atoms with Crippen molar-refractivity contribution in [3.63, 3.8) is 0 Å². The monoisotopic (exact) mass is 364 g/mol. The van der Waals surface area contributed by atoms with E-state index in [0.717, 1.165) is 5.56 Å². The number of phenols is 2. The number of carbonyl (C=O) groups excluding carboxylic acids is 1. The highest BCUT2D eigenvalue weighted by Gasteiger charge is 2.07. The lowest BCUT2D eigenvalue weighted by atomic mass is 10.1. The zero-order valence-electron chi connectivity index (χ0n) is 13.0. The molecule has 2 rings (SSSR count). The molecule has 0 aromatic heterocycles. The zero-order chi connectivity index (χ0) is 17.5. The van der Waals surface area contributed by atoms with Crippen LogP contribution in [0.5, 0.6) is 11.5 Å². The van der Waals surface area contributed by atoms with E-state index >= 15 is 0 Å². The third-order valence-electron chi connectivity index (χ3n) is 3.17. The molecule has 0 aliphatic carbocycles. The molecule has 0 spiro atoms. The molecule has 7 heteroatoms. The molecular formula is C17H17ClN2O3S. The number of phenolic OH excluding ortho intramolecular Hbond substituents is 2. The van der Waals surface area contributed by atoms with Gasteiger partial charge in [0.05, 0.1) is 11.5 Å². The fraction of sp³-hybridized carbons (Fsp3) is 0.176. The Balaban J connectivity index is 1.86. The van der Waals surface area contributed by atoms with Crippen molar-refractivity contribution in [1.29, 1.82) is 0 Å². The van der Waals surface area contributed by atoms with Crippen molar-refractivity contribution >= 4 is 35.0 Å². The molecule has 24 heavy (non-hydrogen) atoms. The topological polar surface area (TPSA) is 81.9 Å². The first-order chi connectivity index (χ1) is 11.5. The number of amides is 1. The van der Waals surface area contributed by atoms with Crippen molar-refractivity contribution in [2.75, 3.05) is 5.75 Å². The maximum absolute atomic E-state index is 11.8. The van der Waals surface area contributed by atoms with Crippen LogP contribution < -0.4 is 5.43 Å². The van der Waals surface area contributed by atoms with Crippen LogP contribution in [0.2, 0.25) is 5.02 Å². The molecule has 0 aliphatic rings. The molecule has 0 saturated heterocycles. The Bertz CT molecular complexity index is 765. The summed E-state index contributed by atoms with van der Waals surface area (Å²) in [5.41, 5.74) is 4.16. The van der Waals surface area contributed by atoms with E-state index in [2.05, 4.69) is 10.5 Å². The van der Waals surface area contributed by atoms with Gasteiger partial charge < -0.3 is 10.2 Å². The molecular weight excluding hydrogens is 348 g/mol. The highest BCUT2D eigenvalue weighted by atomic mass is 35.5. The third-order valence-corrected chi connectivity index (χ3v) is 4.52. The van der Waals surface area contributed by atoms with Gasteiger partial charge in [0.25, 0.3) is 0 Å². The summed E-state index contributed by atoms with van der Waals surface area (Å²) in [6.45, 7) is 1.63. The minimum atomic E-state index is -0.258. The fourth-order valence-electron chi connectivity index (χ4n) is 1.92. The van der Waals surface area contributed by atoms with Crippen LogP contribution in [0.1, 0.15) is 18.1 Å². The van der Waals surface area contributed by atoms with E-state index in [-0.39, 0.29) is 23.2 Å². The van der Waals surface area contributed by atoms with E-state index in [1.165, 1.54) is 30.0 Å². The van der Waals surface area contributed by atoms with Crippen LogP contribution in [0.4, 0.5) is 0 Å². The first-order valence-corrected chi connectivity index (χ1v) is 8.67. The van der Waals surface area contributed by atoms with Crippen LogP contribution in [0, 0.1) is 0 Å². The molecule has 0 bridgehead atoms. The Hall–Kier alpha value is -2.18. The molecule has 0 saturated carbocycles. The Labute approximate surface area is 149 Å². The van der Waals surface area contributed by atoms with E-state index in [9.17, 15) is 15.0 Å². The summed E-state index contributed by atoms with van der Waals surface area (Å²) < 4.78 is 0. The van der Waals surface area contributed by atoms with Crippen LogP contribution in [0.15, 0.2) is 47.6 Å². The molecule has 2 aromatic rings. The lowest BCUT2D eigenvalue weighted by molar-refractivity contribution is -0.118. The lowest BCUT2D eigenvalue weighted by Gasteiger charge is -2.06. The summed E-state index contributed by atoms with van der Waals surface area (Å²) in [6.07, 6.45) is 0. The second kappa shape index (κ2) is 8.61. The van der Waals surface area contributed by atoms with Gasteiger partial charge in [-0.2, -0.15) is 5.10 Å². The Morgan fingerprint density at radius 1 is 1.25 bits per heavy atom. The van der Waals surface area contributed by atoms with Crippen molar-refractivity contribution < 1.29 is 15.0 Å². The van der Waals surface area contributed by atoms with E-state index in [0.29, 0.717) is 22.1 Å². The summed E-state index contributed by atoms with van der Waals surface area (Å²) in [6, 6.07) is 11.6. The van der Waals surface area contributed by atoms with Gasteiger partial charge in [0.1, 0.15) is 11.5 Å². The molecule has 5 nitrogen and oxygen atoms in total. The van der Waals surface area contributed by atoms with Gasteiger partial charge in [-0.1, -0.05) is 29.8 Å². The van der Waals surface area contributed by atoms with Crippen LogP contribution in [-0.4, -0.2) is 27.6 Å². The molecule has 0 heterocycles. The Morgan fingerprint density at radius 2 is 2.00 bits per heavy atom. The number of halogens is 1. The second-order valence-corrected chi connectivity index (χ2v) is 6.41. The van der Waals surface area contributed by atoms with Gasteiger partial charge in [0, 0.05) is 16.3 Å². The van der Waals surface area contributed by atoms with Crippen molar-refractivity contribution in [3.8, 4) is 11.5 Å². The number of thioether (sulfide) groups is 1. The number of nitrogens with zero attached hydrogens (tertiary/aromatic N) is 1. The van der Waals surface area contributed by atoms with Gasteiger partial charge in [-0.3, -0.25) is 4.79 Å². The maximum atomic E-state index is 11.8. The molecule has 0 atom stereocenters. The highest BCUT2D eigenvalue weighted by Crippen LogP contribution is 2.23. The average Bonchev–Trinajstić information content (AvgIpc) is 2.56. The molecule has 0 aliphatic heterocycles. The largest absolute Gasteiger partial charge is 0.508 e. The number of hydrogen-bond donors (Lipinski definition) is 3. The SMILES string of the molecule is C/C(=N/NC(=O)CSCc1ccccc1Cl)c1cc(O)ccc1O. The normalized spacial score (nSPS) is 11.3. The minimum absolute atomic E-state index is 0.0129. The van der Waals surface area contributed by atoms with Gasteiger partial charge in [-0.05, 0) is 36.8 Å². The summed E-state index contributed by atoms with van der Waals surface area (Å²) in [4.78, 5) is 11.8. The Kier molecular flexibility index (Phi) is 6.52. The number of rotatable bonds is 6. The van der Waals surface area contributed by atoms with Crippen LogP contribution >= 0.6 is 23.4 Å². The van der Waals surface area contributed by atoms with Crippen LogP contribution in [-0.2, 0) is 10.5 Å². The quantitative estimate of drug-likeness (QED) is 0.416. The number of hydrazone groups is 1. The molecule has 0 fully saturated rings. The summed E-state index contributed by atoms with van der Waals surface area (Å²) in [5.74, 6) is 0.596. The number of hydrogen-bond acceptors (Lipinski definition) is 5. The summed E-state index contributed by atoms with van der Waals surface area (Å²) in [5, 5.41) is 23.8. The first kappa shape index (κ1) is 18.2. The van der Waals surface area contributed by atoms with Crippen molar-refractivity contribution in [2.45, 2.75) is 12.7 Å². The number of nitrogens with one attached hydrogen (secondary N) is 1. The van der Waals surface area contributed by atoms with Crippen molar-refractivity contribution in [1.82, 2.24) is 5.43 Å². The van der Waals surface area contributed by atoms with Gasteiger partial charge in [0.2, 0.25) is 5.91 Å². The van der Waals surface area contributed by atoms with Crippen molar-refractivity contribution in [2.24, 2.45) is 5.10 Å². The average molecular weight is 365 g/mol. The Morgan fingerprint density at radius 3 is 2.75 bits per heavy atom. The van der Waals surface area contributed by atoms with E-state index < -0.39 is 0 Å². The maximum Gasteiger partial charge on any atom is 0.250 e. The van der Waals surface area contributed by atoms with Crippen LogP contribution in [0.3, 0.4) is 0 Å². The summed E-state index contributed by atoms with van der Waals surface area (Å²) >= 11 is 7.48. The molecule has 126 valence electrons. The molecule has 0 radical (unpaired) electrons. The summed E-state index contributed by atoms with van der Waals surface area (Å²) in [7, 11) is 0. The third kappa shape index (κ3) is 5.18. The smallest absolute Gasteiger partial charge is 0.250 e. The van der Waals surface area contributed by atoms with Gasteiger partial charge in [-0.15, -0.1) is 11.8 Å². The first-order valence-electron chi connectivity index (χ1n) is 7.14. The predicted octanol–water partition coefficient (Wildman–Crippen LogP) is 3.52. The van der Waals surface area contributed by atoms with Crippen LogP contribution in [0.25, 0.3) is 0 Å². The molecule has 1 amide bonds. The van der Waals surface area contributed by atoms with Gasteiger partial charge in [-0.25, -0.2) is 5.43 Å². The number of aromatic hydroxyl groups is 2. The van der Waals surface area contributed by atoms with Gasteiger partial charge >= 0.3 is 0 Å². The van der Waals surface area contributed by atoms with E-state index in [1.807, 2.05) is 24.3 Å². The zero-order valence-corrected chi connectivity index (χ0v) is 14.6. The number of benzene rings is 2. The minimum Gasteiger partial charge on any atom is -0.508 e. The lowest BCUT2D eigenvalue weighted by Crippen LogP contribution is -2.21. The predicted molar refractivity (Wildman–Crippen MR) is 97.7 cm³/mol. The molecule has 3 N–H and O–H groups in total. The van der Waals surface area contributed by atoms with E-state index in [1.54, 1.807) is 6.92 Å². The highest BCUT2D eigenvalue weighted by molar-refractivity contribution is 7.99. The van der Waals surface area contributed by atoms with Crippen molar-refractivity contribution in [3.05, 3.63) is 58.6 Å². The molecule has 2 aromatic carbocycles. The second-order valence-electron chi connectivity index (χ2n) is 5.02. The standard InChI is InChI=1S/C17H17ClN2O3S/c1-11(14-8-13(21)6-7-16(14)22)19-20-17(23)10-24-9-12-4-2-3-5-15(12)18/h2-8,21-22H,9-10H2,1H3,(H,20,23)/b19-11-. The van der Waals surface area contributed by atoms with E-state index in [4.69, 9.17) is 11.6 Å². The fourth-order valence-corrected chi connectivity index (χ4v) is 3.03.